The molecule has 3 aromatic rings. The summed E-state index contributed by atoms with van der Waals surface area (Å²) in [4.78, 5) is 12.2. The first-order chi connectivity index (χ1) is 12.0. The van der Waals surface area contributed by atoms with Gasteiger partial charge in [0.1, 0.15) is 11.3 Å². The van der Waals surface area contributed by atoms with Gasteiger partial charge in [-0.1, -0.05) is 6.07 Å². The molecule has 25 heavy (non-hydrogen) atoms. The van der Waals surface area contributed by atoms with Gasteiger partial charge in [0.05, 0.1) is 19.6 Å². The van der Waals surface area contributed by atoms with Gasteiger partial charge in [-0.3, -0.25) is 4.79 Å². The Kier molecular flexibility index (Phi) is 4.52. The van der Waals surface area contributed by atoms with Gasteiger partial charge in [-0.05, 0) is 30.2 Å². The Hall–Kier alpha value is -3.15. The minimum atomic E-state index is -0.225. The number of aromatic hydroxyl groups is 2. The van der Waals surface area contributed by atoms with E-state index in [-0.39, 0.29) is 22.7 Å². The van der Waals surface area contributed by atoms with Crippen LogP contribution in [0.2, 0.25) is 0 Å². The largest absolute Gasteiger partial charge is 0.504 e. The predicted octanol–water partition coefficient (Wildman–Crippen LogP) is 3.01. The molecule has 6 heteroatoms. The van der Waals surface area contributed by atoms with E-state index < -0.39 is 0 Å². The molecular weight excluding hydrogens is 324 g/mol. The first-order valence-corrected chi connectivity index (χ1v) is 7.71. The van der Waals surface area contributed by atoms with Crippen LogP contribution in [0.4, 0.5) is 0 Å². The molecule has 0 fully saturated rings. The maximum Gasteiger partial charge on any atom is 0.193 e. The standard InChI is InChI=1S/C19H18O6/c1-23-18-7-11(4-6-14(18)20)3-5-12-8-15(21)13-9-16(22)19(24-2)10-17(13)25-12/h4,6-10,20,22H,3,5H2,1-2H3. The quantitative estimate of drug-likeness (QED) is 0.741. The van der Waals surface area contributed by atoms with Crippen molar-refractivity contribution in [2.24, 2.45) is 0 Å². The highest BCUT2D eigenvalue weighted by Crippen LogP contribution is 2.30. The maximum absolute atomic E-state index is 12.2. The lowest BCUT2D eigenvalue weighted by atomic mass is 10.1. The van der Waals surface area contributed by atoms with E-state index in [9.17, 15) is 15.0 Å². The van der Waals surface area contributed by atoms with Crippen molar-refractivity contribution in [2.75, 3.05) is 14.2 Å². The molecule has 0 spiro atoms. The number of phenolic OH excluding ortho intramolecular Hbond substituents is 2. The molecule has 0 bridgehead atoms. The average Bonchev–Trinajstić information content (AvgIpc) is 2.61. The van der Waals surface area contributed by atoms with E-state index in [1.165, 1.54) is 32.4 Å². The number of fused-ring (bicyclic) bond motifs is 1. The van der Waals surface area contributed by atoms with Crippen LogP contribution >= 0.6 is 0 Å². The fourth-order valence-electron chi connectivity index (χ4n) is 2.65. The maximum atomic E-state index is 12.2. The SMILES string of the molecule is COc1cc(CCc2cc(=O)c3cc(O)c(OC)cc3o2)ccc1O. The van der Waals surface area contributed by atoms with Crippen LogP contribution in [-0.2, 0) is 12.8 Å². The van der Waals surface area contributed by atoms with E-state index in [1.54, 1.807) is 18.2 Å². The molecule has 1 aromatic heterocycles. The molecule has 0 amide bonds. The van der Waals surface area contributed by atoms with Crippen LogP contribution in [0.15, 0.2) is 45.6 Å². The molecule has 0 aliphatic heterocycles. The second-order valence-corrected chi connectivity index (χ2v) is 5.60. The molecule has 2 N–H and O–H groups in total. The number of phenols is 2. The number of hydrogen-bond donors (Lipinski definition) is 2. The average molecular weight is 342 g/mol. The number of aryl methyl sites for hydroxylation is 2. The van der Waals surface area contributed by atoms with E-state index in [0.29, 0.717) is 35.3 Å². The molecule has 0 radical (unpaired) electrons. The van der Waals surface area contributed by atoms with E-state index >= 15 is 0 Å². The highest BCUT2D eigenvalue weighted by Gasteiger charge is 2.11. The van der Waals surface area contributed by atoms with Crippen LogP contribution < -0.4 is 14.9 Å². The van der Waals surface area contributed by atoms with Crippen LogP contribution in [0.5, 0.6) is 23.0 Å². The molecule has 0 saturated heterocycles. The van der Waals surface area contributed by atoms with Crippen molar-refractivity contribution in [3.63, 3.8) is 0 Å². The van der Waals surface area contributed by atoms with Gasteiger partial charge < -0.3 is 24.1 Å². The van der Waals surface area contributed by atoms with Gasteiger partial charge in [0, 0.05) is 18.6 Å². The minimum Gasteiger partial charge on any atom is -0.504 e. The van der Waals surface area contributed by atoms with Crippen molar-refractivity contribution in [2.45, 2.75) is 12.8 Å². The highest BCUT2D eigenvalue weighted by atomic mass is 16.5. The number of hydrogen-bond acceptors (Lipinski definition) is 6. The van der Waals surface area contributed by atoms with Gasteiger partial charge >= 0.3 is 0 Å². The predicted molar refractivity (Wildman–Crippen MR) is 92.8 cm³/mol. The van der Waals surface area contributed by atoms with Gasteiger partial charge in [-0.25, -0.2) is 0 Å². The summed E-state index contributed by atoms with van der Waals surface area (Å²) >= 11 is 0. The normalized spacial score (nSPS) is 10.8. The van der Waals surface area contributed by atoms with Gasteiger partial charge in [0.25, 0.3) is 0 Å². The lowest BCUT2D eigenvalue weighted by Crippen LogP contribution is -2.03. The molecule has 0 atom stereocenters. The summed E-state index contributed by atoms with van der Waals surface area (Å²) < 4.78 is 15.9. The summed E-state index contributed by atoms with van der Waals surface area (Å²) in [5.74, 6) is 1.15. The number of rotatable bonds is 5. The van der Waals surface area contributed by atoms with Crippen LogP contribution in [0.3, 0.4) is 0 Å². The van der Waals surface area contributed by atoms with Crippen molar-refractivity contribution in [1.29, 1.82) is 0 Å². The van der Waals surface area contributed by atoms with Crippen molar-refractivity contribution in [3.05, 3.63) is 57.9 Å². The summed E-state index contributed by atoms with van der Waals surface area (Å²) in [7, 11) is 2.92. The lowest BCUT2D eigenvalue weighted by Gasteiger charge is -2.08. The Morgan fingerprint density at radius 2 is 1.64 bits per heavy atom. The van der Waals surface area contributed by atoms with E-state index in [1.807, 2.05) is 0 Å². The third kappa shape index (κ3) is 3.38. The molecule has 6 nitrogen and oxygen atoms in total. The second kappa shape index (κ2) is 6.76. The summed E-state index contributed by atoms with van der Waals surface area (Å²) in [5.41, 5.74) is 1.08. The number of ether oxygens (including phenoxy) is 2. The lowest BCUT2D eigenvalue weighted by molar-refractivity contribution is 0.372. The number of benzene rings is 2. The molecule has 1 heterocycles. The fourth-order valence-corrected chi connectivity index (χ4v) is 2.65. The van der Waals surface area contributed by atoms with Crippen molar-refractivity contribution in [1.82, 2.24) is 0 Å². The fraction of sp³-hybridized carbons (Fsp3) is 0.211. The van der Waals surface area contributed by atoms with E-state index in [4.69, 9.17) is 13.9 Å². The van der Waals surface area contributed by atoms with Gasteiger partial charge in [0.2, 0.25) is 0 Å². The van der Waals surface area contributed by atoms with Crippen molar-refractivity contribution >= 4 is 11.0 Å². The molecular formula is C19H18O6. The van der Waals surface area contributed by atoms with E-state index in [2.05, 4.69) is 0 Å². The second-order valence-electron chi connectivity index (χ2n) is 5.60. The molecule has 3 rings (SSSR count). The first-order valence-electron chi connectivity index (χ1n) is 7.71. The van der Waals surface area contributed by atoms with Gasteiger partial charge in [-0.15, -0.1) is 0 Å². The first kappa shape index (κ1) is 16.7. The van der Waals surface area contributed by atoms with Crippen LogP contribution in [0.25, 0.3) is 11.0 Å². The summed E-state index contributed by atoms with van der Waals surface area (Å²) in [6.07, 6.45) is 1.11. The molecule has 0 aliphatic carbocycles. The minimum absolute atomic E-state index is 0.0791. The molecule has 0 saturated carbocycles. The van der Waals surface area contributed by atoms with Crippen LogP contribution in [0.1, 0.15) is 11.3 Å². The van der Waals surface area contributed by atoms with E-state index in [0.717, 1.165) is 5.56 Å². The van der Waals surface area contributed by atoms with Crippen LogP contribution in [-0.4, -0.2) is 24.4 Å². The summed E-state index contributed by atoms with van der Waals surface area (Å²) in [6, 6.07) is 9.37. The monoisotopic (exact) mass is 342 g/mol. The molecule has 130 valence electrons. The zero-order chi connectivity index (χ0) is 18.0. The third-order valence-corrected chi connectivity index (χ3v) is 3.98. The van der Waals surface area contributed by atoms with Crippen molar-refractivity contribution in [3.8, 4) is 23.0 Å². The smallest absolute Gasteiger partial charge is 0.193 e. The Bertz CT molecular complexity index is 974. The molecule has 2 aromatic carbocycles. The zero-order valence-corrected chi connectivity index (χ0v) is 13.9. The van der Waals surface area contributed by atoms with Gasteiger partial charge in [-0.2, -0.15) is 0 Å². The highest BCUT2D eigenvalue weighted by molar-refractivity contribution is 5.80. The van der Waals surface area contributed by atoms with Gasteiger partial charge in [0.15, 0.2) is 28.4 Å². The molecule has 0 unspecified atom stereocenters. The molecule has 0 aliphatic rings. The Morgan fingerprint density at radius 3 is 2.36 bits per heavy atom. The zero-order valence-electron chi connectivity index (χ0n) is 13.9. The van der Waals surface area contributed by atoms with Crippen molar-refractivity contribution < 1.29 is 24.1 Å². The summed E-state index contributed by atoms with van der Waals surface area (Å²) in [6.45, 7) is 0. The third-order valence-electron chi connectivity index (χ3n) is 3.98. The number of methoxy groups -OCH3 is 2. The Balaban J connectivity index is 1.89. The Labute approximate surface area is 143 Å². The van der Waals surface area contributed by atoms with Crippen LogP contribution in [0, 0.1) is 0 Å². The Morgan fingerprint density at radius 1 is 0.920 bits per heavy atom. The summed E-state index contributed by atoms with van der Waals surface area (Å²) in [5, 5.41) is 19.7. The topological polar surface area (TPSA) is 89.1 Å².